The Kier molecular flexibility index (Phi) is 3.71. The van der Waals surface area contributed by atoms with Crippen LogP contribution in [0.15, 0.2) is 28.5 Å². The van der Waals surface area contributed by atoms with E-state index in [9.17, 15) is 14.4 Å². The van der Waals surface area contributed by atoms with Crippen LogP contribution >= 0.6 is 11.3 Å². The SMILES string of the molecule is O=C(O)c1ccc(C(=O)NCc2csc(=O)[nH]2)nc1. The molecule has 0 saturated carbocycles. The molecule has 0 saturated heterocycles. The first-order valence-corrected chi connectivity index (χ1v) is 6.08. The van der Waals surface area contributed by atoms with Gasteiger partial charge in [-0.2, -0.15) is 0 Å². The molecule has 0 aliphatic rings. The minimum absolute atomic E-state index is 0.0127. The molecule has 0 aliphatic heterocycles. The molecule has 2 aromatic rings. The van der Waals surface area contributed by atoms with Crippen LogP contribution in [0.25, 0.3) is 0 Å². The number of carbonyl (C=O) groups excluding carboxylic acids is 1. The number of aromatic carboxylic acids is 1. The Labute approximate surface area is 110 Å². The average Bonchev–Trinajstić information content (AvgIpc) is 2.82. The number of aromatic amines is 1. The molecular weight excluding hydrogens is 270 g/mol. The van der Waals surface area contributed by atoms with Crippen LogP contribution in [0, 0.1) is 0 Å². The van der Waals surface area contributed by atoms with Gasteiger partial charge in [-0.05, 0) is 12.1 Å². The van der Waals surface area contributed by atoms with E-state index in [1.54, 1.807) is 5.38 Å². The molecule has 0 aromatic carbocycles. The smallest absolute Gasteiger partial charge is 0.337 e. The molecule has 19 heavy (non-hydrogen) atoms. The van der Waals surface area contributed by atoms with Crippen LogP contribution in [-0.2, 0) is 6.54 Å². The molecule has 2 rings (SSSR count). The molecule has 0 aliphatic carbocycles. The topological polar surface area (TPSA) is 112 Å². The van der Waals surface area contributed by atoms with Gasteiger partial charge in [-0.1, -0.05) is 11.3 Å². The quantitative estimate of drug-likeness (QED) is 0.752. The Morgan fingerprint density at radius 3 is 2.74 bits per heavy atom. The fourth-order valence-corrected chi connectivity index (χ4v) is 1.90. The Bertz CT molecular complexity index is 659. The molecule has 3 N–H and O–H groups in total. The molecule has 7 nitrogen and oxygen atoms in total. The molecular formula is C11H9N3O4S. The Balaban J connectivity index is 1.99. The summed E-state index contributed by atoms with van der Waals surface area (Å²) in [6.45, 7) is 0.180. The first-order valence-electron chi connectivity index (χ1n) is 5.20. The van der Waals surface area contributed by atoms with E-state index in [2.05, 4.69) is 15.3 Å². The zero-order chi connectivity index (χ0) is 13.8. The Hall–Kier alpha value is -2.48. The number of nitrogens with one attached hydrogen (secondary N) is 2. The maximum Gasteiger partial charge on any atom is 0.337 e. The second kappa shape index (κ2) is 5.44. The number of carboxylic acid groups (broad SMARTS) is 1. The summed E-state index contributed by atoms with van der Waals surface area (Å²) in [4.78, 5) is 39.3. The van der Waals surface area contributed by atoms with E-state index < -0.39 is 11.9 Å². The Morgan fingerprint density at radius 1 is 1.42 bits per heavy atom. The van der Waals surface area contributed by atoms with Crippen molar-refractivity contribution in [1.82, 2.24) is 15.3 Å². The molecule has 1 amide bonds. The van der Waals surface area contributed by atoms with Crippen molar-refractivity contribution in [3.63, 3.8) is 0 Å². The first kappa shape index (κ1) is 13.0. The van der Waals surface area contributed by atoms with Crippen molar-refractivity contribution in [3.05, 3.63) is 50.3 Å². The second-order valence-electron chi connectivity index (χ2n) is 3.59. The lowest BCUT2D eigenvalue weighted by molar-refractivity contribution is 0.0695. The summed E-state index contributed by atoms with van der Waals surface area (Å²) in [5.41, 5.74) is 0.729. The molecule has 0 fully saturated rings. The van der Waals surface area contributed by atoms with Gasteiger partial charge in [0.15, 0.2) is 0 Å². The number of hydrogen-bond acceptors (Lipinski definition) is 5. The van der Waals surface area contributed by atoms with Crippen molar-refractivity contribution in [1.29, 1.82) is 0 Å². The minimum atomic E-state index is -1.10. The molecule has 0 unspecified atom stereocenters. The van der Waals surface area contributed by atoms with Crippen molar-refractivity contribution >= 4 is 23.2 Å². The lowest BCUT2D eigenvalue weighted by Crippen LogP contribution is -2.24. The highest BCUT2D eigenvalue weighted by atomic mass is 32.1. The zero-order valence-corrected chi connectivity index (χ0v) is 10.4. The van der Waals surface area contributed by atoms with Crippen molar-refractivity contribution in [2.75, 3.05) is 0 Å². The van der Waals surface area contributed by atoms with E-state index >= 15 is 0 Å². The summed E-state index contributed by atoms with van der Waals surface area (Å²) in [7, 11) is 0. The van der Waals surface area contributed by atoms with Crippen LogP contribution in [-0.4, -0.2) is 27.0 Å². The van der Waals surface area contributed by atoms with Crippen molar-refractivity contribution in [2.45, 2.75) is 6.54 Å². The predicted octanol–water partition coefficient (Wildman–Crippen LogP) is 0.460. The Morgan fingerprint density at radius 2 is 2.21 bits per heavy atom. The third-order valence-corrected chi connectivity index (χ3v) is 2.97. The number of hydrogen-bond donors (Lipinski definition) is 3. The van der Waals surface area contributed by atoms with Crippen LogP contribution < -0.4 is 10.2 Å². The number of pyridine rings is 1. The first-order chi connectivity index (χ1) is 9.06. The number of thiazole rings is 1. The van der Waals surface area contributed by atoms with E-state index in [1.165, 1.54) is 12.1 Å². The van der Waals surface area contributed by atoms with Crippen LogP contribution in [0.5, 0.6) is 0 Å². The van der Waals surface area contributed by atoms with Gasteiger partial charge in [0.2, 0.25) is 0 Å². The highest BCUT2D eigenvalue weighted by Gasteiger charge is 2.09. The summed E-state index contributed by atoms with van der Waals surface area (Å²) in [6.07, 6.45) is 1.11. The highest BCUT2D eigenvalue weighted by molar-refractivity contribution is 7.07. The number of carboxylic acids is 1. The average molecular weight is 279 g/mol. The van der Waals surface area contributed by atoms with Crippen LogP contribution in [0.1, 0.15) is 26.5 Å². The monoisotopic (exact) mass is 279 g/mol. The summed E-state index contributed by atoms with van der Waals surface area (Å²) in [5, 5.41) is 12.9. The number of H-pyrrole nitrogens is 1. The maximum absolute atomic E-state index is 11.7. The number of rotatable bonds is 4. The van der Waals surface area contributed by atoms with E-state index in [0.29, 0.717) is 5.69 Å². The molecule has 2 aromatic heterocycles. The number of carbonyl (C=O) groups is 2. The molecule has 0 bridgehead atoms. The van der Waals surface area contributed by atoms with Gasteiger partial charge in [0.1, 0.15) is 5.69 Å². The molecule has 98 valence electrons. The normalized spacial score (nSPS) is 10.1. The number of aromatic nitrogens is 2. The van der Waals surface area contributed by atoms with Gasteiger partial charge >= 0.3 is 10.8 Å². The van der Waals surface area contributed by atoms with E-state index in [1.807, 2.05) is 0 Å². The maximum atomic E-state index is 11.7. The van der Waals surface area contributed by atoms with Crippen LogP contribution in [0.2, 0.25) is 0 Å². The van der Waals surface area contributed by atoms with Gasteiger partial charge in [0.25, 0.3) is 5.91 Å². The lowest BCUT2D eigenvalue weighted by atomic mass is 10.2. The van der Waals surface area contributed by atoms with Gasteiger partial charge in [-0.25, -0.2) is 4.79 Å². The van der Waals surface area contributed by atoms with E-state index in [0.717, 1.165) is 17.5 Å². The standard InChI is InChI=1S/C11H9N3O4S/c15-9(13-4-7-5-19-11(18)14-7)8-2-1-6(3-12-8)10(16)17/h1-3,5H,4H2,(H,13,15)(H,14,18)(H,16,17). The third kappa shape index (κ3) is 3.26. The summed E-state index contributed by atoms with van der Waals surface area (Å²) >= 11 is 1.01. The van der Waals surface area contributed by atoms with Gasteiger partial charge in [-0.3, -0.25) is 14.6 Å². The van der Waals surface area contributed by atoms with Gasteiger partial charge in [0, 0.05) is 17.3 Å². The molecule has 0 atom stereocenters. The molecule has 2 heterocycles. The second-order valence-corrected chi connectivity index (χ2v) is 4.44. The fraction of sp³-hybridized carbons (Fsp3) is 0.0909. The summed E-state index contributed by atoms with van der Waals surface area (Å²) in [5.74, 6) is -1.54. The third-order valence-electron chi connectivity index (χ3n) is 2.25. The molecule has 0 radical (unpaired) electrons. The van der Waals surface area contributed by atoms with Crippen molar-refractivity contribution < 1.29 is 14.7 Å². The highest BCUT2D eigenvalue weighted by Crippen LogP contribution is 2.01. The van der Waals surface area contributed by atoms with Gasteiger partial charge in [-0.15, -0.1) is 0 Å². The fourth-order valence-electron chi connectivity index (χ4n) is 1.32. The van der Waals surface area contributed by atoms with Crippen molar-refractivity contribution in [3.8, 4) is 0 Å². The predicted molar refractivity (Wildman–Crippen MR) is 67.3 cm³/mol. The molecule has 8 heteroatoms. The largest absolute Gasteiger partial charge is 0.478 e. The lowest BCUT2D eigenvalue weighted by Gasteiger charge is -2.03. The number of nitrogens with zero attached hydrogens (tertiary/aromatic N) is 1. The minimum Gasteiger partial charge on any atom is -0.478 e. The van der Waals surface area contributed by atoms with Crippen molar-refractivity contribution in [2.24, 2.45) is 0 Å². The van der Waals surface area contributed by atoms with Gasteiger partial charge < -0.3 is 15.4 Å². The van der Waals surface area contributed by atoms with E-state index in [-0.39, 0.29) is 22.7 Å². The van der Waals surface area contributed by atoms with Gasteiger partial charge in [0.05, 0.1) is 12.1 Å². The number of amides is 1. The summed E-state index contributed by atoms with van der Waals surface area (Å²) < 4.78 is 0. The van der Waals surface area contributed by atoms with E-state index in [4.69, 9.17) is 5.11 Å². The zero-order valence-electron chi connectivity index (χ0n) is 9.54. The molecule has 0 spiro atoms. The van der Waals surface area contributed by atoms with Crippen LogP contribution in [0.4, 0.5) is 0 Å². The summed E-state index contributed by atoms with van der Waals surface area (Å²) in [6, 6.07) is 2.63. The van der Waals surface area contributed by atoms with Crippen LogP contribution in [0.3, 0.4) is 0 Å².